The number of terminal acetylenes is 1. The fourth-order valence-electron chi connectivity index (χ4n) is 3.68. The normalized spacial score (nSPS) is 11.6. The minimum absolute atomic E-state index is 0.207. The van der Waals surface area contributed by atoms with Crippen molar-refractivity contribution in [3.8, 4) is 12.3 Å². The molecule has 8 nitrogen and oxygen atoms in total. The van der Waals surface area contributed by atoms with Crippen molar-refractivity contribution in [2.24, 2.45) is 5.41 Å². The van der Waals surface area contributed by atoms with E-state index < -0.39 is 23.0 Å². The van der Waals surface area contributed by atoms with E-state index in [1.165, 1.54) is 4.57 Å². The van der Waals surface area contributed by atoms with Gasteiger partial charge in [0.2, 0.25) is 0 Å². The molecule has 0 fully saturated rings. The first kappa shape index (κ1) is 28.5. The lowest BCUT2D eigenvalue weighted by Crippen LogP contribution is -2.30. The van der Waals surface area contributed by atoms with Crippen LogP contribution in [0.25, 0.3) is 10.9 Å². The number of hydrogen-bond acceptors (Lipinski definition) is 7. The van der Waals surface area contributed by atoms with Crippen molar-refractivity contribution in [1.82, 2.24) is 9.55 Å². The quantitative estimate of drug-likeness (QED) is 0.327. The standard InChI is InChI=1S/C30H35N3O5/c1-9-16-32(23-13-11-22(12-14-23)27(35)38-30(6,7)8)18-21-10-15-25-24(17-21)26(34)33(20(2)31-25)19-37-28(36)29(3,4)5/h1,10-15,17H,16,18-19H2,2-8H3. The van der Waals surface area contributed by atoms with Crippen molar-refractivity contribution in [2.45, 2.75) is 67.3 Å². The molecule has 3 aromatic rings. The van der Waals surface area contributed by atoms with Gasteiger partial charge in [-0.05, 0) is 90.4 Å². The maximum Gasteiger partial charge on any atom is 0.338 e. The second kappa shape index (κ2) is 11.1. The number of benzene rings is 2. The summed E-state index contributed by atoms with van der Waals surface area (Å²) in [6.07, 6.45) is 5.64. The molecule has 0 aliphatic carbocycles. The van der Waals surface area contributed by atoms with Crippen molar-refractivity contribution in [2.75, 3.05) is 11.4 Å². The summed E-state index contributed by atoms with van der Waals surface area (Å²) in [5.41, 5.74) is 1.13. The predicted octanol–water partition coefficient (Wildman–Crippen LogP) is 4.85. The van der Waals surface area contributed by atoms with Crippen LogP contribution in [0, 0.1) is 24.7 Å². The molecule has 0 spiro atoms. The number of rotatable bonds is 7. The third kappa shape index (κ3) is 7.00. The van der Waals surface area contributed by atoms with E-state index in [9.17, 15) is 14.4 Å². The van der Waals surface area contributed by atoms with Crippen LogP contribution in [0.15, 0.2) is 47.3 Å². The summed E-state index contributed by atoms with van der Waals surface area (Å²) in [6, 6.07) is 12.5. The van der Waals surface area contributed by atoms with Crippen LogP contribution in [0.3, 0.4) is 0 Å². The van der Waals surface area contributed by atoms with Gasteiger partial charge in [-0.3, -0.25) is 14.2 Å². The number of anilines is 1. The second-order valence-electron chi connectivity index (χ2n) is 11.2. The van der Waals surface area contributed by atoms with Crippen LogP contribution < -0.4 is 10.5 Å². The fourth-order valence-corrected chi connectivity index (χ4v) is 3.68. The molecule has 0 N–H and O–H groups in total. The molecule has 0 aliphatic rings. The van der Waals surface area contributed by atoms with Crippen molar-refractivity contribution in [3.63, 3.8) is 0 Å². The number of carbonyl (C=O) groups excluding carboxylic acids is 2. The van der Waals surface area contributed by atoms with E-state index >= 15 is 0 Å². The Morgan fingerprint density at radius 1 is 1.05 bits per heavy atom. The van der Waals surface area contributed by atoms with Crippen LogP contribution in [0.1, 0.15) is 63.3 Å². The van der Waals surface area contributed by atoms with E-state index in [0.717, 1.165) is 11.3 Å². The molecule has 38 heavy (non-hydrogen) atoms. The van der Waals surface area contributed by atoms with Crippen molar-refractivity contribution < 1.29 is 19.1 Å². The Bertz CT molecular complexity index is 1430. The molecular formula is C30H35N3O5. The highest BCUT2D eigenvalue weighted by molar-refractivity contribution is 5.90. The summed E-state index contributed by atoms with van der Waals surface area (Å²) in [5.74, 6) is 2.33. The smallest absolute Gasteiger partial charge is 0.338 e. The van der Waals surface area contributed by atoms with Crippen molar-refractivity contribution >= 4 is 28.5 Å². The molecule has 1 aromatic heterocycles. The lowest BCUT2D eigenvalue weighted by molar-refractivity contribution is -0.157. The molecule has 0 unspecified atom stereocenters. The Morgan fingerprint density at radius 3 is 2.29 bits per heavy atom. The van der Waals surface area contributed by atoms with Gasteiger partial charge in [-0.25, -0.2) is 9.78 Å². The number of aryl methyl sites for hydroxylation is 1. The number of ether oxygens (including phenoxy) is 2. The van der Waals surface area contributed by atoms with Crippen molar-refractivity contribution in [1.29, 1.82) is 0 Å². The first-order chi connectivity index (χ1) is 17.7. The zero-order chi connectivity index (χ0) is 28.3. The molecule has 1 heterocycles. The molecular weight excluding hydrogens is 482 g/mol. The Kier molecular flexibility index (Phi) is 8.31. The maximum atomic E-state index is 13.3. The van der Waals surface area contributed by atoms with Gasteiger partial charge in [0.25, 0.3) is 5.56 Å². The van der Waals surface area contributed by atoms with E-state index in [2.05, 4.69) is 10.9 Å². The van der Waals surface area contributed by atoms with E-state index in [0.29, 0.717) is 35.4 Å². The van der Waals surface area contributed by atoms with Crippen LogP contribution in [0.4, 0.5) is 5.69 Å². The van der Waals surface area contributed by atoms with E-state index in [4.69, 9.17) is 15.9 Å². The lowest BCUT2D eigenvalue weighted by atomic mass is 9.98. The largest absolute Gasteiger partial charge is 0.456 e. The second-order valence-corrected chi connectivity index (χ2v) is 11.2. The van der Waals surface area contributed by atoms with Crippen molar-refractivity contribution in [3.05, 3.63) is 69.8 Å². The summed E-state index contributed by atoms with van der Waals surface area (Å²) in [5, 5.41) is 0.417. The Morgan fingerprint density at radius 2 is 1.71 bits per heavy atom. The molecule has 2 aromatic carbocycles. The minimum Gasteiger partial charge on any atom is -0.456 e. The van der Waals surface area contributed by atoms with Crippen LogP contribution in [-0.4, -0.2) is 33.6 Å². The number of hydrogen-bond donors (Lipinski definition) is 0. The predicted molar refractivity (Wildman–Crippen MR) is 148 cm³/mol. The summed E-state index contributed by atoms with van der Waals surface area (Å²) < 4.78 is 12.1. The van der Waals surface area contributed by atoms with Gasteiger partial charge < -0.3 is 14.4 Å². The molecule has 0 saturated heterocycles. The highest BCUT2D eigenvalue weighted by Crippen LogP contribution is 2.21. The molecule has 8 heteroatoms. The molecule has 0 atom stereocenters. The maximum absolute atomic E-state index is 13.3. The van der Waals surface area contributed by atoms with Gasteiger partial charge in [0.15, 0.2) is 6.73 Å². The average Bonchev–Trinajstić information content (AvgIpc) is 2.82. The lowest BCUT2D eigenvalue weighted by Gasteiger charge is -2.23. The van der Waals surface area contributed by atoms with Gasteiger partial charge in [-0.2, -0.15) is 0 Å². The number of nitrogens with zero attached hydrogens (tertiary/aromatic N) is 3. The first-order valence-electron chi connectivity index (χ1n) is 12.4. The first-order valence-corrected chi connectivity index (χ1v) is 12.4. The summed E-state index contributed by atoms with van der Waals surface area (Å²) >= 11 is 0. The summed E-state index contributed by atoms with van der Waals surface area (Å²) in [7, 11) is 0. The summed E-state index contributed by atoms with van der Waals surface area (Å²) in [4.78, 5) is 44.4. The monoisotopic (exact) mass is 517 g/mol. The molecule has 200 valence electrons. The highest BCUT2D eigenvalue weighted by Gasteiger charge is 2.24. The minimum atomic E-state index is -0.680. The highest BCUT2D eigenvalue weighted by atomic mass is 16.6. The molecule has 0 saturated carbocycles. The summed E-state index contributed by atoms with van der Waals surface area (Å²) in [6.45, 7) is 13.0. The average molecular weight is 518 g/mol. The fraction of sp³-hybridized carbons (Fsp3) is 0.400. The Balaban J connectivity index is 1.87. The van der Waals surface area contributed by atoms with Gasteiger partial charge in [-0.1, -0.05) is 12.0 Å². The zero-order valence-electron chi connectivity index (χ0n) is 23.1. The van der Waals surface area contributed by atoms with Gasteiger partial charge in [-0.15, -0.1) is 6.42 Å². The van der Waals surface area contributed by atoms with E-state index in [1.54, 1.807) is 52.0 Å². The van der Waals surface area contributed by atoms with E-state index in [1.807, 2.05) is 43.9 Å². The number of esters is 2. The van der Waals surface area contributed by atoms with Crippen LogP contribution in [-0.2, 0) is 27.5 Å². The van der Waals surface area contributed by atoms with Crippen LogP contribution >= 0.6 is 0 Å². The number of fused-ring (bicyclic) bond motifs is 1. The number of aromatic nitrogens is 2. The molecule has 0 radical (unpaired) electrons. The SMILES string of the molecule is C#CCN(Cc1ccc2nc(C)n(COC(=O)C(C)(C)C)c(=O)c2c1)c1ccc(C(=O)OC(C)(C)C)cc1. The molecule has 0 aliphatic heterocycles. The van der Waals surface area contributed by atoms with Crippen LogP contribution in [0.5, 0.6) is 0 Å². The number of carbonyl (C=O) groups is 2. The third-order valence-corrected chi connectivity index (χ3v) is 5.67. The van der Waals surface area contributed by atoms with Gasteiger partial charge in [0.1, 0.15) is 11.4 Å². The Hall–Kier alpha value is -4.12. The third-order valence-electron chi connectivity index (χ3n) is 5.67. The molecule has 0 amide bonds. The van der Waals surface area contributed by atoms with Gasteiger partial charge >= 0.3 is 11.9 Å². The molecule has 0 bridgehead atoms. The Labute approximate surface area is 223 Å². The molecule has 3 rings (SSSR count). The zero-order valence-corrected chi connectivity index (χ0v) is 23.1. The topological polar surface area (TPSA) is 90.7 Å². The van der Waals surface area contributed by atoms with Gasteiger partial charge in [0, 0.05) is 12.2 Å². The van der Waals surface area contributed by atoms with Gasteiger partial charge in [0.05, 0.1) is 28.4 Å². The van der Waals surface area contributed by atoms with Crippen LogP contribution in [0.2, 0.25) is 0 Å². The van der Waals surface area contributed by atoms with E-state index in [-0.39, 0.29) is 12.3 Å².